The largest absolute Gasteiger partial charge is 0.489 e. The van der Waals surface area contributed by atoms with Crippen LogP contribution in [0.2, 0.25) is 0 Å². The maximum absolute atomic E-state index is 12.3. The predicted molar refractivity (Wildman–Crippen MR) is 126 cm³/mol. The van der Waals surface area contributed by atoms with Crippen LogP contribution in [0.25, 0.3) is 10.9 Å². The summed E-state index contributed by atoms with van der Waals surface area (Å²) in [6.07, 6.45) is 3.42. The number of carbonyl (C=O) groups excluding carboxylic acids is 1. The second-order valence-electron chi connectivity index (χ2n) is 8.22. The van der Waals surface area contributed by atoms with Crippen LogP contribution >= 0.6 is 0 Å². The predicted octanol–water partition coefficient (Wildman–Crippen LogP) is 3.09. The van der Waals surface area contributed by atoms with Gasteiger partial charge in [-0.25, -0.2) is 4.79 Å². The molecule has 0 radical (unpaired) electrons. The van der Waals surface area contributed by atoms with Crippen LogP contribution in [0.15, 0.2) is 42.6 Å². The van der Waals surface area contributed by atoms with E-state index in [1.165, 1.54) is 0 Å². The van der Waals surface area contributed by atoms with Crippen molar-refractivity contribution in [3.63, 3.8) is 0 Å². The fraction of sp³-hybridized carbons (Fsp3) is 0.333. The van der Waals surface area contributed by atoms with Crippen molar-refractivity contribution in [1.29, 1.82) is 5.26 Å². The summed E-state index contributed by atoms with van der Waals surface area (Å²) in [5.41, 5.74) is 7.14. The van der Waals surface area contributed by atoms with Crippen LogP contribution < -0.4 is 10.5 Å². The van der Waals surface area contributed by atoms with Crippen molar-refractivity contribution in [2.75, 3.05) is 18.8 Å². The third kappa shape index (κ3) is 4.70. The summed E-state index contributed by atoms with van der Waals surface area (Å²) in [6.45, 7) is 3.02. The lowest BCUT2D eigenvalue weighted by atomic mass is 9.89. The quantitative estimate of drug-likeness (QED) is 0.458. The minimum absolute atomic E-state index is 0.199. The maximum Gasteiger partial charge on any atom is 0.343 e. The second-order valence-corrected chi connectivity index (χ2v) is 10.5. The first-order valence-electron chi connectivity index (χ1n) is 11.0. The van der Waals surface area contributed by atoms with E-state index >= 15 is 0 Å². The number of nitrogens with one attached hydrogen (secondary N) is 1. The number of quaternary nitrogens is 1. The van der Waals surface area contributed by atoms with Crippen LogP contribution in [-0.4, -0.2) is 38.6 Å². The number of aromatic amines is 1. The molecule has 33 heavy (non-hydrogen) atoms. The van der Waals surface area contributed by atoms with Crippen LogP contribution in [0, 0.1) is 11.3 Å². The highest BCUT2D eigenvalue weighted by Crippen LogP contribution is 2.37. The number of nitriles is 1. The first-order chi connectivity index (χ1) is 15.8. The molecule has 1 fully saturated rings. The molecule has 9 heteroatoms. The molecule has 3 aromatic rings. The molecule has 4 rings (SSSR count). The first kappa shape index (κ1) is 23.1. The Balaban J connectivity index is 1.62. The van der Waals surface area contributed by atoms with Gasteiger partial charge < -0.3 is 9.72 Å². The number of nitrogens with zero attached hydrogens (tertiary/aromatic N) is 2. The van der Waals surface area contributed by atoms with Crippen molar-refractivity contribution in [3.05, 3.63) is 64.8 Å². The summed E-state index contributed by atoms with van der Waals surface area (Å²) in [7, 11) is -2.94. The highest BCUT2D eigenvalue weighted by Gasteiger charge is 2.37. The van der Waals surface area contributed by atoms with E-state index < -0.39 is 10.4 Å². The first-order valence-corrected chi connectivity index (χ1v) is 12.6. The number of hydrogen-bond donors (Lipinski definition) is 3. The second kappa shape index (κ2) is 9.45. The molecule has 1 amide bonds. The Morgan fingerprint density at radius 3 is 2.73 bits per heavy atom. The Bertz CT molecular complexity index is 1270. The molecule has 1 atom stereocenters. The number of ether oxygens (including phenoxy) is 1. The van der Waals surface area contributed by atoms with Crippen molar-refractivity contribution < 1.29 is 24.0 Å². The summed E-state index contributed by atoms with van der Waals surface area (Å²) >= 11 is 0. The summed E-state index contributed by atoms with van der Waals surface area (Å²) in [5, 5.41) is 10.2. The van der Waals surface area contributed by atoms with Crippen LogP contribution in [0.3, 0.4) is 0 Å². The zero-order valence-electron chi connectivity index (χ0n) is 18.5. The minimum Gasteiger partial charge on any atom is -0.489 e. The molecule has 1 saturated heterocycles. The van der Waals surface area contributed by atoms with Gasteiger partial charge in [-0.05, 0) is 53.7 Å². The van der Waals surface area contributed by atoms with E-state index in [-0.39, 0.29) is 24.2 Å². The van der Waals surface area contributed by atoms with Crippen molar-refractivity contribution in [2.24, 2.45) is 0 Å². The molecule has 2 heterocycles. The number of rotatable bonds is 7. The van der Waals surface area contributed by atoms with Gasteiger partial charge in [0.05, 0.1) is 17.1 Å². The van der Waals surface area contributed by atoms with Gasteiger partial charge in [0.15, 0.2) is 5.75 Å². The average molecular weight is 469 g/mol. The standard InChI is InChI=1S/C24H26N4O4S/c1-2-33(30,31)28-9-7-16(8-10-28)22-14-27-23-20(22)11-19(12-21(23)24(26)29)32-15-18-6-4-3-5-17(18)13-25/h3-6,11-12,14,16H,2,7-10,15H2,1H3,(H3-,26,27,29,30,31)/p+2. The van der Waals surface area contributed by atoms with Crippen molar-refractivity contribution in [3.8, 4) is 11.8 Å². The monoisotopic (exact) mass is 468 g/mol. The maximum atomic E-state index is 12.3. The van der Waals surface area contributed by atoms with Crippen molar-refractivity contribution >= 4 is 27.2 Å². The zero-order chi connectivity index (χ0) is 23.6. The normalized spacial score (nSPS) is 16.9. The highest BCUT2D eigenvalue weighted by atomic mass is 32.3. The number of amides is 1. The third-order valence-electron chi connectivity index (χ3n) is 6.30. The number of fused-ring (bicyclic) bond motifs is 1. The van der Waals surface area contributed by atoms with Crippen LogP contribution in [0.1, 0.15) is 52.7 Å². The smallest absolute Gasteiger partial charge is 0.343 e. The van der Waals surface area contributed by atoms with Gasteiger partial charge in [0.2, 0.25) is 0 Å². The van der Waals surface area contributed by atoms with Gasteiger partial charge in [-0.3, -0.25) is 5.73 Å². The molecule has 1 aliphatic heterocycles. The minimum atomic E-state index is -2.94. The molecule has 5 N–H and O–H groups in total. The molecule has 0 spiro atoms. The van der Waals surface area contributed by atoms with E-state index in [1.807, 2.05) is 24.4 Å². The van der Waals surface area contributed by atoms with Gasteiger partial charge in [-0.1, -0.05) is 22.5 Å². The van der Waals surface area contributed by atoms with Gasteiger partial charge in [0.1, 0.15) is 17.9 Å². The Labute approximate surface area is 193 Å². The van der Waals surface area contributed by atoms with Crippen molar-refractivity contribution in [1.82, 2.24) is 9.29 Å². The Morgan fingerprint density at radius 2 is 2.06 bits per heavy atom. The van der Waals surface area contributed by atoms with Crippen LogP contribution in [0.4, 0.5) is 0 Å². The van der Waals surface area contributed by atoms with E-state index in [4.69, 9.17) is 4.74 Å². The van der Waals surface area contributed by atoms with Gasteiger partial charge in [0.25, 0.3) is 10.4 Å². The third-order valence-corrected chi connectivity index (χ3v) is 8.22. The van der Waals surface area contributed by atoms with E-state index in [9.17, 15) is 18.8 Å². The van der Waals surface area contributed by atoms with E-state index in [2.05, 4.69) is 16.8 Å². The topological polar surface area (TPSA) is 134 Å². The Kier molecular flexibility index (Phi) is 6.63. The van der Waals surface area contributed by atoms with E-state index in [0.29, 0.717) is 30.0 Å². The molecule has 0 aliphatic carbocycles. The molecular weight excluding hydrogens is 440 g/mol. The summed E-state index contributed by atoms with van der Waals surface area (Å²) < 4.78 is 30.1. The molecule has 0 saturated carbocycles. The van der Waals surface area contributed by atoms with Crippen LogP contribution in [0.5, 0.6) is 5.75 Å². The molecule has 2 aromatic carbocycles. The molecular formula is C24H28N4O4S+2. The van der Waals surface area contributed by atoms with Crippen LogP contribution in [-0.2, 0) is 21.2 Å². The lowest BCUT2D eigenvalue weighted by molar-refractivity contribution is -0.254. The number of piperidine rings is 1. The lowest BCUT2D eigenvalue weighted by Crippen LogP contribution is -2.56. The van der Waals surface area contributed by atoms with Gasteiger partial charge in [-0.2, -0.15) is 9.81 Å². The number of hydrogen-bond acceptors (Lipinski definition) is 4. The summed E-state index contributed by atoms with van der Waals surface area (Å²) in [4.78, 5) is 15.5. The number of H-pyrrole nitrogens is 1. The fourth-order valence-electron chi connectivity index (χ4n) is 4.42. The number of benzene rings is 2. The number of aromatic nitrogens is 1. The molecule has 1 aromatic heterocycles. The summed E-state index contributed by atoms with van der Waals surface area (Å²) in [5.74, 6) is 0.637. The lowest BCUT2D eigenvalue weighted by Gasteiger charge is -2.29. The zero-order valence-corrected chi connectivity index (χ0v) is 19.4. The number of carbonyl (C=O) groups is 1. The van der Waals surface area contributed by atoms with E-state index in [0.717, 1.165) is 34.9 Å². The molecule has 1 unspecified atom stereocenters. The Morgan fingerprint density at radius 1 is 1.33 bits per heavy atom. The molecule has 0 bridgehead atoms. The molecule has 8 nitrogen and oxygen atoms in total. The van der Waals surface area contributed by atoms with Crippen molar-refractivity contribution in [2.45, 2.75) is 32.3 Å². The molecule has 1 aliphatic rings. The van der Waals surface area contributed by atoms with Gasteiger partial charge in [-0.15, -0.1) is 0 Å². The SMILES string of the molecule is CC[S+](=O)(O)N1CCC(c2c[nH]c3c(C([NH3+])=O)cc(OCc4ccccc4C#N)cc23)CC1. The highest BCUT2D eigenvalue weighted by molar-refractivity contribution is 7.95. The summed E-state index contributed by atoms with van der Waals surface area (Å²) in [6, 6.07) is 13.0. The fourth-order valence-corrected chi connectivity index (χ4v) is 5.56. The molecule has 172 valence electrons. The Hall–Kier alpha value is -3.03. The van der Waals surface area contributed by atoms with E-state index in [1.54, 1.807) is 29.4 Å². The van der Waals surface area contributed by atoms with Gasteiger partial charge in [0, 0.05) is 30.2 Å². The van der Waals surface area contributed by atoms with Gasteiger partial charge >= 0.3 is 5.91 Å². The average Bonchev–Trinajstić information content (AvgIpc) is 3.26.